The lowest BCUT2D eigenvalue weighted by molar-refractivity contribution is 0.769. The van der Waals surface area contributed by atoms with Gasteiger partial charge in [-0.1, -0.05) is 188 Å². The third-order valence-corrected chi connectivity index (χ3v) is 9.63. The van der Waals surface area contributed by atoms with Crippen LogP contribution in [0, 0.1) is 0 Å². The van der Waals surface area contributed by atoms with Crippen molar-refractivity contribution in [1.29, 1.82) is 0 Å². The Bertz CT molecular complexity index is 2370. The van der Waals surface area contributed by atoms with Crippen molar-refractivity contribution in [3.05, 3.63) is 210 Å². The van der Waals surface area contributed by atoms with Crippen LogP contribution in [0.2, 0.25) is 0 Å². The smallest absolute Gasteiger partial charge is 0.164 e. The number of hydrogen-bond acceptors (Lipinski definition) is 3. The predicted molar refractivity (Wildman–Crippen MR) is 199 cm³/mol. The average molecular weight is 626 g/mol. The lowest BCUT2D eigenvalue weighted by atomic mass is 9.66. The molecule has 7 aromatic carbocycles. The molecule has 0 saturated carbocycles. The van der Waals surface area contributed by atoms with Gasteiger partial charge in [0.1, 0.15) is 0 Å². The number of rotatable bonds is 6. The van der Waals surface area contributed by atoms with Gasteiger partial charge in [0.15, 0.2) is 17.5 Å². The first-order valence-corrected chi connectivity index (χ1v) is 16.6. The summed E-state index contributed by atoms with van der Waals surface area (Å²) in [5.41, 5.74) is 11.9. The van der Waals surface area contributed by atoms with Gasteiger partial charge in [-0.2, -0.15) is 0 Å². The molecule has 1 aliphatic carbocycles. The SMILES string of the molecule is c1ccc(-c2ccc(-c3nc(-c4ccccc4)nc(-c4cccc5c4C(c4ccccc4)(c4ccccc4)c4ccccc4-5)n3)cc2)cc1. The highest BCUT2D eigenvalue weighted by molar-refractivity contribution is 5.91. The molecule has 3 nitrogen and oxygen atoms in total. The molecule has 0 bridgehead atoms. The van der Waals surface area contributed by atoms with E-state index in [-0.39, 0.29) is 0 Å². The molecular weight excluding hydrogens is 595 g/mol. The number of fused-ring (bicyclic) bond motifs is 3. The molecule has 0 fully saturated rings. The summed E-state index contributed by atoms with van der Waals surface area (Å²) >= 11 is 0. The van der Waals surface area contributed by atoms with Gasteiger partial charge >= 0.3 is 0 Å². The minimum atomic E-state index is -0.581. The number of benzene rings is 7. The van der Waals surface area contributed by atoms with Crippen LogP contribution in [0.5, 0.6) is 0 Å². The number of aromatic nitrogens is 3. The minimum Gasteiger partial charge on any atom is -0.208 e. The first kappa shape index (κ1) is 28.7. The van der Waals surface area contributed by atoms with E-state index >= 15 is 0 Å². The highest BCUT2D eigenvalue weighted by atomic mass is 15.0. The summed E-state index contributed by atoms with van der Waals surface area (Å²) in [7, 11) is 0. The van der Waals surface area contributed by atoms with Crippen molar-refractivity contribution < 1.29 is 0 Å². The van der Waals surface area contributed by atoms with Gasteiger partial charge in [0.2, 0.25) is 0 Å². The Balaban J connectivity index is 1.32. The molecule has 8 aromatic rings. The van der Waals surface area contributed by atoms with E-state index in [4.69, 9.17) is 15.0 Å². The van der Waals surface area contributed by atoms with Crippen LogP contribution in [0.4, 0.5) is 0 Å². The Morgan fingerprint density at radius 2 is 0.694 bits per heavy atom. The molecule has 1 aliphatic rings. The van der Waals surface area contributed by atoms with Crippen LogP contribution < -0.4 is 0 Å². The molecule has 0 saturated heterocycles. The third kappa shape index (κ3) is 4.78. The second kappa shape index (κ2) is 12.0. The van der Waals surface area contributed by atoms with Crippen LogP contribution >= 0.6 is 0 Å². The molecule has 1 aromatic heterocycles. The van der Waals surface area contributed by atoms with Crippen LogP contribution in [-0.2, 0) is 5.41 Å². The zero-order valence-corrected chi connectivity index (χ0v) is 26.7. The Kier molecular flexibility index (Phi) is 7.02. The average Bonchev–Trinajstić information content (AvgIpc) is 3.50. The van der Waals surface area contributed by atoms with Crippen molar-refractivity contribution >= 4 is 0 Å². The van der Waals surface area contributed by atoms with Crippen molar-refractivity contribution in [2.45, 2.75) is 5.41 Å². The van der Waals surface area contributed by atoms with E-state index in [2.05, 4.69) is 164 Å². The van der Waals surface area contributed by atoms with Crippen molar-refractivity contribution in [2.75, 3.05) is 0 Å². The summed E-state index contributed by atoms with van der Waals surface area (Å²) < 4.78 is 0. The zero-order valence-electron chi connectivity index (χ0n) is 26.7. The van der Waals surface area contributed by atoms with E-state index in [9.17, 15) is 0 Å². The molecule has 0 aliphatic heterocycles. The molecule has 49 heavy (non-hydrogen) atoms. The second-order valence-electron chi connectivity index (χ2n) is 12.4. The first-order chi connectivity index (χ1) is 24.3. The maximum atomic E-state index is 5.27. The van der Waals surface area contributed by atoms with E-state index in [1.807, 2.05) is 24.3 Å². The van der Waals surface area contributed by atoms with E-state index in [1.165, 1.54) is 38.9 Å². The molecular formula is C46H31N3. The fraction of sp³-hybridized carbons (Fsp3) is 0.0217. The van der Waals surface area contributed by atoms with Crippen molar-refractivity contribution in [1.82, 2.24) is 15.0 Å². The van der Waals surface area contributed by atoms with E-state index in [0.717, 1.165) is 22.3 Å². The minimum absolute atomic E-state index is 0.581. The summed E-state index contributed by atoms with van der Waals surface area (Å²) in [5, 5.41) is 0. The van der Waals surface area contributed by atoms with Gasteiger partial charge in [0.25, 0.3) is 0 Å². The van der Waals surface area contributed by atoms with Crippen LogP contribution in [0.25, 0.3) is 56.4 Å². The highest BCUT2D eigenvalue weighted by Crippen LogP contribution is 2.58. The van der Waals surface area contributed by atoms with E-state index in [1.54, 1.807) is 0 Å². The maximum absolute atomic E-state index is 5.27. The molecule has 0 N–H and O–H groups in total. The van der Waals surface area contributed by atoms with Gasteiger partial charge in [-0.25, -0.2) is 15.0 Å². The molecule has 0 spiro atoms. The summed E-state index contributed by atoms with van der Waals surface area (Å²) in [6.07, 6.45) is 0. The molecule has 0 radical (unpaired) electrons. The Morgan fingerprint density at radius 1 is 0.286 bits per heavy atom. The Morgan fingerprint density at radius 3 is 1.31 bits per heavy atom. The molecule has 9 rings (SSSR count). The molecule has 3 heteroatoms. The normalized spacial score (nSPS) is 12.7. The van der Waals surface area contributed by atoms with Crippen molar-refractivity contribution in [2.24, 2.45) is 0 Å². The fourth-order valence-electron chi connectivity index (χ4n) is 7.47. The lowest BCUT2D eigenvalue weighted by Gasteiger charge is -2.35. The van der Waals surface area contributed by atoms with Crippen molar-refractivity contribution in [3.63, 3.8) is 0 Å². The van der Waals surface area contributed by atoms with E-state index < -0.39 is 5.41 Å². The summed E-state index contributed by atoms with van der Waals surface area (Å²) in [6, 6.07) is 66.2. The lowest BCUT2D eigenvalue weighted by Crippen LogP contribution is -2.29. The third-order valence-electron chi connectivity index (χ3n) is 9.63. The van der Waals surface area contributed by atoms with Crippen LogP contribution in [-0.4, -0.2) is 15.0 Å². The molecule has 0 atom stereocenters. The summed E-state index contributed by atoms with van der Waals surface area (Å²) in [6.45, 7) is 0. The monoisotopic (exact) mass is 625 g/mol. The molecule has 230 valence electrons. The van der Waals surface area contributed by atoms with Gasteiger partial charge in [0, 0.05) is 16.7 Å². The van der Waals surface area contributed by atoms with Gasteiger partial charge in [0.05, 0.1) is 5.41 Å². The zero-order chi connectivity index (χ0) is 32.6. The second-order valence-corrected chi connectivity index (χ2v) is 12.4. The van der Waals surface area contributed by atoms with Gasteiger partial charge in [-0.05, 0) is 44.5 Å². The largest absolute Gasteiger partial charge is 0.208 e. The number of hydrogen-bond donors (Lipinski definition) is 0. The van der Waals surface area contributed by atoms with Gasteiger partial charge in [-0.3, -0.25) is 0 Å². The maximum Gasteiger partial charge on any atom is 0.164 e. The fourth-order valence-corrected chi connectivity index (χ4v) is 7.47. The topological polar surface area (TPSA) is 38.7 Å². The Labute approximate surface area is 286 Å². The quantitative estimate of drug-likeness (QED) is 0.185. The molecule has 0 amide bonds. The van der Waals surface area contributed by atoms with Crippen LogP contribution in [0.15, 0.2) is 188 Å². The van der Waals surface area contributed by atoms with E-state index in [0.29, 0.717) is 17.5 Å². The van der Waals surface area contributed by atoms with Gasteiger partial charge in [-0.15, -0.1) is 0 Å². The summed E-state index contributed by atoms with van der Waals surface area (Å²) in [4.78, 5) is 15.6. The predicted octanol–water partition coefficient (Wildman–Crippen LogP) is 10.9. The number of nitrogens with zero attached hydrogens (tertiary/aromatic N) is 3. The molecule has 0 unspecified atom stereocenters. The van der Waals surface area contributed by atoms with Crippen LogP contribution in [0.3, 0.4) is 0 Å². The van der Waals surface area contributed by atoms with Crippen LogP contribution in [0.1, 0.15) is 22.3 Å². The standard InChI is InChI=1S/C46H31N3/c1-5-16-32(17-6-1)33-28-30-35(31-29-33)44-47-43(34-18-7-2-8-19-34)48-45(49-44)40-26-15-25-39-38-24-13-14-27-41(38)46(42(39)40,36-20-9-3-10-21-36)37-22-11-4-12-23-37/h1-31H. The van der Waals surface area contributed by atoms with Crippen molar-refractivity contribution in [3.8, 4) is 56.4 Å². The van der Waals surface area contributed by atoms with Gasteiger partial charge < -0.3 is 0 Å². The highest BCUT2D eigenvalue weighted by Gasteiger charge is 2.47. The molecule has 1 heterocycles. The first-order valence-electron chi connectivity index (χ1n) is 16.6. The Hall–Kier alpha value is -6.45. The summed E-state index contributed by atoms with van der Waals surface area (Å²) in [5.74, 6) is 1.93.